The zero-order chi connectivity index (χ0) is 13.2. The first-order chi connectivity index (χ1) is 7.81. The van der Waals surface area contributed by atoms with Gasteiger partial charge in [0.05, 0.1) is 17.7 Å². The van der Waals surface area contributed by atoms with Crippen LogP contribution in [-0.2, 0) is 14.8 Å². The maximum Gasteiger partial charge on any atom is 0.339 e. The third-order valence-electron chi connectivity index (χ3n) is 1.94. The number of benzene rings is 1. The van der Waals surface area contributed by atoms with Crippen molar-refractivity contribution in [2.75, 3.05) is 7.11 Å². The quantitative estimate of drug-likeness (QED) is 0.636. The number of rotatable bonds is 2. The van der Waals surface area contributed by atoms with E-state index in [9.17, 15) is 13.2 Å². The molecule has 1 rings (SSSR count). The highest BCUT2D eigenvalue weighted by Gasteiger charge is 2.20. The van der Waals surface area contributed by atoms with E-state index in [2.05, 4.69) is 10.7 Å². The molecule has 17 heavy (non-hydrogen) atoms. The predicted octanol–water partition coefficient (Wildman–Crippen LogP) is 0.755. The van der Waals surface area contributed by atoms with Crippen LogP contribution in [-0.4, -0.2) is 21.5 Å². The Labute approximate surface area is 104 Å². The fourth-order valence-corrected chi connectivity index (χ4v) is 2.27. The number of carbonyl (C=O) groups excluding carboxylic acids is 1. The molecule has 0 aliphatic heterocycles. The third-order valence-corrected chi connectivity index (χ3v) is 3.31. The second kappa shape index (κ2) is 4.75. The number of ether oxygens (including phenoxy) is 1. The molecule has 1 aromatic rings. The van der Waals surface area contributed by atoms with Gasteiger partial charge in [0.2, 0.25) is 10.0 Å². The van der Waals surface area contributed by atoms with Gasteiger partial charge in [-0.3, -0.25) is 0 Å². The van der Waals surface area contributed by atoms with E-state index >= 15 is 0 Å². The van der Waals surface area contributed by atoms with Gasteiger partial charge in [0.15, 0.2) is 0 Å². The highest BCUT2D eigenvalue weighted by molar-refractivity contribution is 7.89. The van der Waals surface area contributed by atoms with Gasteiger partial charge >= 0.3 is 5.97 Å². The van der Waals surface area contributed by atoms with Gasteiger partial charge < -0.3 is 4.74 Å². The van der Waals surface area contributed by atoms with E-state index in [4.69, 9.17) is 23.2 Å². The monoisotopic (exact) mass is 273 g/mol. The second-order valence-corrected chi connectivity index (χ2v) is 4.95. The van der Waals surface area contributed by atoms with Gasteiger partial charge in [0, 0.05) is 5.56 Å². The molecule has 0 spiro atoms. The molecule has 0 aromatic heterocycles. The third kappa shape index (κ3) is 2.77. The molecule has 1 aromatic carbocycles. The fourth-order valence-electron chi connectivity index (χ4n) is 1.17. The van der Waals surface area contributed by atoms with Crippen LogP contribution in [0.15, 0.2) is 17.0 Å². The molecule has 0 aliphatic carbocycles. The zero-order valence-electron chi connectivity index (χ0n) is 8.73. The molecule has 0 fully saturated rings. The lowest BCUT2D eigenvalue weighted by atomic mass is 10.1. The van der Waals surface area contributed by atoms with Crippen molar-refractivity contribution in [3.8, 4) is 12.3 Å². The Balaban J connectivity index is 3.62. The number of sulfonamides is 1. The maximum atomic E-state index is 11.4. The molecule has 0 bridgehead atoms. The van der Waals surface area contributed by atoms with Gasteiger partial charge in [-0.1, -0.05) is 17.5 Å². The van der Waals surface area contributed by atoms with E-state index in [1.54, 1.807) is 0 Å². The van der Waals surface area contributed by atoms with Crippen LogP contribution in [0.25, 0.3) is 0 Å². The Morgan fingerprint density at radius 3 is 2.53 bits per heavy atom. The van der Waals surface area contributed by atoms with Gasteiger partial charge in [-0.15, -0.1) is 6.42 Å². The van der Waals surface area contributed by atoms with Crippen LogP contribution < -0.4 is 5.14 Å². The number of terminal acetylenes is 1. The molecule has 2 N–H and O–H groups in total. The summed E-state index contributed by atoms with van der Waals surface area (Å²) in [6, 6.07) is 2.17. The molecule has 0 amide bonds. The summed E-state index contributed by atoms with van der Waals surface area (Å²) in [5.41, 5.74) is 0.0534. The molecule has 0 atom stereocenters. The normalized spacial score (nSPS) is 10.7. The van der Waals surface area contributed by atoms with E-state index in [0.717, 1.165) is 13.2 Å². The van der Waals surface area contributed by atoms with Gasteiger partial charge in [-0.2, -0.15) is 0 Å². The predicted molar refractivity (Wildman–Crippen MR) is 62.1 cm³/mol. The van der Waals surface area contributed by atoms with Crippen LogP contribution in [0.3, 0.4) is 0 Å². The number of methoxy groups -OCH3 is 1. The first-order valence-corrected chi connectivity index (χ1v) is 6.15. The number of nitrogens with two attached hydrogens (primary N) is 1. The molecule has 0 unspecified atom stereocenters. The summed E-state index contributed by atoms with van der Waals surface area (Å²) >= 11 is 5.71. The van der Waals surface area contributed by atoms with Crippen LogP contribution >= 0.6 is 11.6 Å². The van der Waals surface area contributed by atoms with Gasteiger partial charge in [0.1, 0.15) is 4.90 Å². The largest absolute Gasteiger partial charge is 0.465 e. The molecule has 0 heterocycles. The lowest BCUT2D eigenvalue weighted by molar-refractivity contribution is 0.0600. The second-order valence-electron chi connectivity index (χ2n) is 3.01. The molecule has 5 nitrogen and oxygen atoms in total. The average molecular weight is 274 g/mol. The number of hydrogen-bond acceptors (Lipinski definition) is 4. The van der Waals surface area contributed by atoms with Crippen molar-refractivity contribution < 1.29 is 17.9 Å². The van der Waals surface area contributed by atoms with E-state index in [1.165, 1.54) is 6.07 Å². The number of hydrogen-bond donors (Lipinski definition) is 1. The molecule has 0 saturated heterocycles. The van der Waals surface area contributed by atoms with E-state index in [0.29, 0.717) is 0 Å². The maximum absolute atomic E-state index is 11.4. The van der Waals surface area contributed by atoms with Crippen LogP contribution in [0.1, 0.15) is 15.9 Å². The Hall–Kier alpha value is -1.55. The van der Waals surface area contributed by atoms with E-state index in [1.807, 2.05) is 0 Å². The molecule has 7 heteroatoms. The van der Waals surface area contributed by atoms with Crippen molar-refractivity contribution in [1.82, 2.24) is 0 Å². The molecule has 0 radical (unpaired) electrons. The Morgan fingerprint density at radius 2 is 2.12 bits per heavy atom. The molecule has 0 aliphatic rings. The topological polar surface area (TPSA) is 86.5 Å². The Morgan fingerprint density at radius 1 is 1.53 bits per heavy atom. The lowest BCUT2D eigenvalue weighted by Crippen LogP contribution is -2.15. The molecular formula is C10H8ClNO4S. The summed E-state index contributed by atoms with van der Waals surface area (Å²) in [5, 5.41) is 4.80. The van der Waals surface area contributed by atoms with Gasteiger partial charge in [-0.05, 0) is 12.1 Å². The van der Waals surface area contributed by atoms with Crippen molar-refractivity contribution in [1.29, 1.82) is 0 Å². The van der Waals surface area contributed by atoms with Crippen LogP contribution in [0.5, 0.6) is 0 Å². The summed E-state index contributed by atoms with van der Waals surface area (Å²) < 4.78 is 26.9. The van der Waals surface area contributed by atoms with Crippen molar-refractivity contribution in [3.63, 3.8) is 0 Å². The number of primary sulfonamides is 1. The molecule has 90 valence electrons. The summed E-state index contributed by atoms with van der Waals surface area (Å²) in [6.07, 6.45) is 5.17. The number of carbonyl (C=O) groups is 1. The van der Waals surface area contributed by atoms with E-state index in [-0.39, 0.29) is 21.0 Å². The molecular weight excluding hydrogens is 266 g/mol. The SMILES string of the molecule is C#Cc1cc(Cl)c(S(N)(=O)=O)cc1C(=O)OC. The minimum Gasteiger partial charge on any atom is -0.465 e. The van der Waals surface area contributed by atoms with Crippen molar-refractivity contribution in [2.24, 2.45) is 5.14 Å². The summed E-state index contributed by atoms with van der Waals surface area (Å²) in [6.45, 7) is 0. The summed E-state index contributed by atoms with van der Waals surface area (Å²) in [7, 11) is -2.88. The van der Waals surface area contributed by atoms with Crippen molar-refractivity contribution in [3.05, 3.63) is 28.3 Å². The van der Waals surface area contributed by atoms with Crippen LogP contribution in [0, 0.1) is 12.3 Å². The van der Waals surface area contributed by atoms with Gasteiger partial charge in [-0.25, -0.2) is 18.4 Å². The lowest BCUT2D eigenvalue weighted by Gasteiger charge is -2.07. The Bertz CT molecular complexity index is 616. The summed E-state index contributed by atoms with van der Waals surface area (Å²) in [4.78, 5) is 11.0. The first kappa shape index (κ1) is 13.5. The minimum atomic E-state index is -4.03. The number of halogens is 1. The summed E-state index contributed by atoms with van der Waals surface area (Å²) in [5.74, 6) is 1.45. The minimum absolute atomic E-state index is 0.0802. The average Bonchev–Trinajstić information content (AvgIpc) is 2.25. The Kier molecular flexibility index (Phi) is 3.78. The fraction of sp³-hybridized carbons (Fsp3) is 0.100. The standard InChI is InChI=1S/C10H8ClNO4S/c1-3-6-4-8(11)9(17(12,14)15)5-7(6)10(13)16-2/h1,4-5H,2H3,(H2,12,14,15). The first-order valence-electron chi connectivity index (χ1n) is 4.22. The van der Waals surface area contributed by atoms with E-state index < -0.39 is 16.0 Å². The highest BCUT2D eigenvalue weighted by atomic mass is 35.5. The highest BCUT2D eigenvalue weighted by Crippen LogP contribution is 2.25. The smallest absolute Gasteiger partial charge is 0.339 e. The zero-order valence-corrected chi connectivity index (χ0v) is 10.3. The van der Waals surface area contributed by atoms with Crippen LogP contribution in [0.4, 0.5) is 0 Å². The van der Waals surface area contributed by atoms with Crippen molar-refractivity contribution in [2.45, 2.75) is 4.90 Å². The van der Waals surface area contributed by atoms with Crippen molar-refractivity contribution >= 4 is 27.6 Å². The number of esters is 1. The molecule has 0 saturated carbocycles. The van der Waals surface area contributed by atoms with Crippen LogP contribution in [0.2, 0.25) is 5.02 Å². The van der Waals surface area contributed by atoms with Gasteiger partial charge in [0.25, 0.3) is 0 Å².